The zero-order valence-electron chi connectivity index (χ0n) is 15.8. The molecule has 2 aliphatic heterocycles. The van der Waals surface area contributed by atoms with Gasteiger partial charge in [0.15, 0.2) is 11.5 Å². The molecule has 0 radical (unpaired) electrons. The van der Waals surface area contributed by atoms with Gasteiger partial charge in [0.25, 0.3) is 11.8 Å². The lowest BCUT2D eigenvalue weighted by Crippen LogP contribution is -2.36. The van der Waals surface area contributed by atoms with Crippen LogP contribution in [0.15, 0.2) is 40.9 Å². The predicted molar refractivity (Wildman–Crippen MR) is 108 cm³/mol. The smallest absolute Gasteiger partial charge is 0.261 e. The summed E-state index contributed by atoms with van der Waals surface area (Å²) in [5, 5.41) is 0. The highest BCUT2D eigenvalue weighted by molar-refractivity contribution is 9.10. The number of halogens is 1. The van der Waals surface area contributed by atoms with Crippen LogP contribution in [0.4, 0.5) is 0 Å². The molecule has 150 valence electrons. The fraction of sp³-hybridized carbons (Fsp3) is 0.286. The Morgan fingerprint density at radius 1 is 1.07 bits per heavy atom. The lowest BCUT2D eigenvalue weighted by atomic mass is 10.1. The Morgan fingerprint density at radius 3 is 2.62 bits per heavy atom. The Kier molecular flexibility index (Phi) is 5.27. The zero-order valence-corrected chi connectivity index (χ0v) is 17.4. The van der Waals surface area contributed by atoms with E-state index in [1.165, 1.54) is 0 Å². The van der Waals surface area contributed by atoms with Crippen LogP contribution >= 0.6 is 15.9 Å². The molecule has 7 nitrogen and oxygen atoms in total. The molecule has 0 saturated heterocycles. The molecular formula is C21H19BrN2O5. The molecule has 0 fully saturated rings. The van der Waals surface area contributed by atoms with Gasteiger partial charge in [0.1, 0.15) is 0 Å². The maximum atomic E-state index is 12.7. The second kappa shape index (κ2) is 7.87. The summed E-state index contributed by atoms with van der Waals surface area (Å²) in [6.45, 7) is 3.08. The van der Waals surface area contributed by atoms with Gasteiger partial charge in [-0.1, -0.05) is 22.0 Å². The number of rotatable bonds is 6. The highest BCUT2D eigenvalue weighted by Crippen LogP contribution is 2.33. The Morgan fingerprint density at radius 2 is 1.83 bits per heavy atom. The van der Waals surface area contributed by atoms with Gasteiger partial charge < -0.3 is 14.4 Å². The van der Waals surface area contributed by atoms with Gasteiger partial charge in [-0.2, -0.15) is 0 Å². The standard InChI is InChI=1S/C21H19BrN2O5/c1-2-23(11-13-3-6-17-18(9-13)29-12-28-17)19(25)7-8-24-20(26)15-5-4-14(22)10-16(15)21(24)27/h3-6,9-10H,2,7-8,11-12H2,1H3. The summed E-state index contributed by atoms with van der Waals surface area (Å²) in [5.41, 5.74) is 1.66. The lowest BCUT2D eigenvalue weighted by molar-refractivity contribution is -0.131. The summed E-state index contributed by atoms with van der Waals surface area (Å²) >= 11 is 3.31. The fourth-order valence-corrected chi connectivity index (χ4v) is 3.83. The molecule has 2 heterocycles. The summed E-state index contributed by atoms with van der Waals surface area (Å²) < 4.78 is 11.4. The minimum absolute atomic E-state index is 0.0560. The topological polar surface area (TPSA) is 76.2 Å². The largest absolute Gasteiger partial charge is 0.454 e. The third-order valence-corrected chi connectivity index (χ3v) is 5.52. The Labute approximate surface area is 176 Å². The third-order valence-electron chi connectivity index (χ3n) is 5.03. The van der Waals surface area contributed by atoms with Gasteiger partial charge >= 0.3 is 0 Å². The van der Waals surface area contributed by atoms with E-state index in [0.717, 1.165) is 14.9 Å². The van der Waals surface area contributed by atoms with Gasteiger partial charge in [0.2, 0.25) is 12.7 Å². The molecule has 0 aliphatic carbocycles. The van der Waals surface area contributed by atoms with Crippen molar-refractivity contribution in [3.05, 3.63) is 57.6 Å². The first kappa shape index (κ1) is 19.4. The minimum atomic E-state index is -0.363. The molecule has 2 aliphatic rings. The Hall–Kier alpha value is -2.87. The summed E-state index contributed by atoms with van der Waals surface area (Å²) in [6.07, 6.45) is 0.0744. The number of hydrogen-bond donors (Lipinski definition) is 0. The number of ether oxygens (including phenoxy) is 2. The first-order chi connectivity index (χ1) is 14.0. The number of benzene rings is 2. The number of carbonyl (C=O) groups excluding carboxylic acids is 3. The van der Waals surface area contributed by atoms with E-state index < -0.39 is 0 Å². The van der Waals surface area contributed by atoms with E-state index in [1.54, 1.807) is 23.1 Å². The third kappa shape index (κ3) is 3.72. The number of amides is 3. The van der Waals surface area contributed by atoms with Gasteiger partial charge in [-0.15, -0.1) is 0 Å². The summed E-state index contributed by atoms with van der Waals surface area (Å²) in [7, 11) is 0. The summed E-state index contributed by atoms with van der Waals surface area (Å²) in [5.74, 6) is 0.522. The monoisotopic (exact) mass is 458 g/mol. The van der Waals surface area contributed by atoms with Crippen molar-refractivity contribution in [3.63, 3.8) is 0 Å². The molecule has 0 unspecified atom stereocenters. The molecule has 2 aromatic carbocycles. The molecule has 2 aromatic rings. The molecule has 29 heavy (non-hydrogen) atoms. The van der Waals surface area contributed by atoms with Crippen molar-refractivity contribution in [1.29, 1.82) is 0 Å². The van der Waals surface area contributed by atoms with Crippen LogP contribution in [-0.2, 0) is 11.3 Å². The number of carbonyl (C=O) groups is 3. The van der Waals surface area contributed by atoms with Crippen LogP contribution in [0.1, 0.15) is 39.6 Å². The van der Waals surface area contributed by atoms with E-state index in [0.29, 0.717) is 35.7 Å². The van der Waals surface area contributed by atoms with E-state index in [-0.39, 0.29) is 37.5 Å². The molecule has 0 aromatic heterocycles. The van der Waals surface area contributed by atoms with E-state index in [4.69, 9.17) is 9.47 Å². The first-order valence-corrected chi connectivity index (χ1v) is 10.1. The fourth-order valence-electron chi connectivity index (χ4n) is 3.47. The molecule has 0 N–H and O–H groups in total. The molecule has 4 rings (SSSR count). The maximum Gasteiger partial charge on any atom is 0.261 e. The van der Waals surface area contributed by atoms with Crippen LogP contribution in [0.3, 0.4) is 0 Å². The SMILES string of the molecule is CCN(Cc1ccc2c(c1)OCO2)C(=O)CCN1C(=O)c2ccc(Br)cc2C1=O. The molecule has 0 spiro atoms. The Balaban J connectivity index is 1.39. The van der Waals surface area contributed by atoms with Crippen LogP contribution in [0, 0.1) is 0 Å². The number of fused-ring (bicyclic) bond motifs is 2. The van der Waals surface area contributed by atoms with E-state index in [2.05, 4.69) is 15.9 Å². The minimum Gasteiger partial charge on any atom is -0.454 e. The van der Waals surface area contributed by atoms with E-state index in [9.17, 15) is 14.4 Å². The lowest BCUT2D eigenvalue weighted by Gasteiger charge is -2.22. The molecule has 0 bridgehead atoms. The van der Waals surface area contributed by atoms with E-state index >= 15 is 0 Å². The normalized spacial score (nSPS) is 14.3. The van der Waals surface area contributed by atoms with Crippen LogP contribution < -0.4 is 9.47 Å². The van der Waals surface area contributed by atoms with Crippen LogP contribution in [0.2, 0.25) is 0 Å². The second-order valence-corrected chi connectivity index (χ2v) is 7.71. The average molecular weight is 459 g/mol. The summed E-state index contributed by atoms with van der Waals surface area (Å²) in [4.78, 5) is 40.6. The van der Waals surface area contributed by atoms with Crippen LogP contribution in [0.5, 0.6) is 11.5 Å². The van der Waals surface area contributed by atoms with Crippen molar-refractivity contribution in [2.75, 3.05) is 19.9 Å². The number of hydrogen-bond acceptors (Lipinski definition) is 5. The zero-order chi connectivity index (χ0) is 20.5. The molecule has 0 saturated carbocycles. The van der Waals surface area contributed by atoms with Gasteiger partial charge in [0.05, 0.1) is 11.1 Å². The van der Waals surface area contributed by atoms with Crippen molar-refractivity contribution in [2.45, 2.75) is 19.9 Å². The maximum absolute atomic E-state index is 12.7. The molecule has 3 amide bonds. The quantitative estimate of drug-likeness (QED) is 0.621. The van der Waals surface area contributed by atoms with Crippen molar-refractivity contribution in [2.24, 2.45) is 0 Å². The van der Waals surface area contributed by atoms with Crippen molar-refractivity contribution < 1.29 is 23.9 Å². The van der Waals surface area contributed by atoms with Crippen molar-refractivity contribution >= 4 is 33.7 Å². The van der Waals surface area contributed by atoms with Gasteiger partial charge in [-0.25, -0.2) is 0 Å². The predicted octanol–water partition coefficient (Wildman–Crippen LogP) is 3.21. The number of imide groups is 1. The van der Waals surface area contributed by atoms with Gasteiger partial charge in [0, 0.05) is 30.5 Å². The van der Waals surface area contributed by atoms with Crippen LogP contribution in [-0.4, -0.2) is 47.4 Å². The Bertz CT molecular complexity index is 1010. The average Bonchev–Trinajstić information content (AvgIpc) is 3.27. The number of nitrogens with zero attached hydrogens (tertiary/aromatic N) is 2. The molecular weight excluding hydrogens is 440 g/mol. The molecule has 0 atom stereocenters. The van der Waals surface area contributed by atoms with Gasteiger partial charge in [-0.05, 0) is 42.8 Å². The van der Waals surface area contributed by atoms with E-state index in [1.807, 2.05) is 25.1 Å². The van der Waals surface area contributed by atoms with Crippen molar-refractivity contribution in [3.8, 4) is 11.5 Å². The second-order valence-electron chi connectivity index (χ2n) is 6.80. The molecule has 8 heteroatoms. The first-order valence-electron chi connectivity index (χ1n) is 9.30. The highest BCUT2D eigenvalue weighted by atomic mass is 79.9. The van der Waals surface area contributed by atoms with Crippen LogP contribution in [0.25, 0.3) is 0 Å². The van der Waals surface area contributed by atoms with Crippen molar-refractivity contribution in [1.82, 2.24) is 9.80 Å². The highest BCUT2D eigenvalue weighted by Gasteiger charge is 2.35. The summed E-state index contributed by atoms with van der Waals surface area (Å²) in [6, 6.07) is 10.6. The van der Waals surface area contributed by atoms with Gasteiger partial charge in [-0.3, -0.25) is 19.3 Å².